The summed E-state index contributed by atoms with van der Waals surface area (Å²) in [6.07, 6.45) is 4.57. The highest BCUT2D eigenvalue weighted by Gasteiger charge is 2.42. The molecule has 8 heteroatoms. The van der Waals surface area contributed by atoms with Crippen molar-refractivity contribution in [2.24, 2.45) is 0 Å². The molecule has 2 aliphatic rings. The first kappa shape index (κ1) is 21.3. The Morgan fingerprint density at radius 1 is 1.00 bits per heavy atom. The predicted molar refractivity (Wildman–Crippen MR) is 120 cm³/mol. The third-order valence-corrected chi connectivity index (χ3v) is 6.96. The third-order valence-electron chi connectivity index (χ3n) is 6.96. The molecule has 33 heavy (non-hydrogen) atoms. The molecule has 1 fully saturated rings. The molecule has 2 aliphatic carbocycles. The highest BCUT2D eigenvalue weighted by Crippen LogP contribution is 2.45. The maximum absolute atomic E-state index is 13.1. The van der Waals surface area contributed by atoms with Crippen molar-refractivity contribution in [3.05, 3.63) is 65.5 Å². The molecule has 1 N–H and O–H groups in total. The zero-order valence-corrected chi connectivity index (χ0v) is 18.3. The van der Waals surface area contributed by atoms with Gasteiger partial charge in [-0.3, -0.25) is 9.59 Å². The first-order valence-corrected chi connectivity index (χ1v) is 11.4. The van der Waals surface area contributed by atoms with E-state index in [1.807, 2.05) is 24.3 Å². The minimum absolute atomic E-state index is 0.000913. The van der Waals surface area contributed by atoms with E-state index in [2.05, 4.69) is 39.8 Å². The number of tetrazole rings is 1. The maximum Gasteiger partial charge on any atom is 0.325 e. The molecule has 8 nitrogen and oxygen atoms in total. The van der Waals surface area contributed by atoms with Crippen LogP contribution in [0.5, 0.6) is 0 Å². The van der Waals surface area contributed by atoms with Crippen LogP contribution in [-0.2, 0) is 26.3 Å². The van der Waals surface area contributed by atoms with E-state index in [0.29, 0.717) is 5.82 Å². The van der Waals surface area contributed by atoms with Gasteiger partial charge in [0.2, 0.25) is 0 Å². The van der Waals surface area contributed by atoms with E-state index in [4.69, 9.17) is 4.74 Å². The number of fused-ring (bicyclic) bond motifs is 3. The maximum atomic E-state index is 13.1. The third kappa shape index (κ3) is 4.01. The number of rotatable bonds is 7. The van der Waals surface area contributed by atoms with Crippen LogP contribution in [0, 0.1) is 0 Å². The Kier molecular flexibility index (Phi) is 5.66. The smallest absolute Gasteiger partial charge is 0.325 e. The molecule has 0 saturated heterocycles. The summed E-state index contributed by atoms with van der Waals surface area (Å²) in [5.74, 6) is -0.849. The number of hydrogen-bond donors (Lipinski definition) is 1. The quantitative estimate of drug-likeness (QED) is 0.551. The van der Waals surface area contributed by atoms with Gasteiger partial charge in [0.25, 0.3) is 0 Å². The van der Waals surface area contributed by atoms with E-state index in [0.717, 1.165) is 32.1 Å². The van der Waals surface area contributed by atoms with E-state index in [-0.39, 0.29) is 31.5 Å². The van der Waals surface area contributed by atoms with Crippen molar-refractivity contribution >= 4 is 11.9 Å². The second kappa shape index (κ2) is 8.77. The van der Waals surface area contributed by atoms with Crippen molar-refractivity contribution in [3.63, 3.8) is 0 Å². The van der Waals surface area contributed by atoms with Crippen LogP contribution in [0.25, 0.3) is 11.1 Å². The summed E-state index contributed by atoms with van der Waals surface area (Å²) in [4.78, 5) is 24.4. The summed E-state index contributed by atoms with van der Waals surface area (Å²) in [6, 6.07) is 16.5. The molecule has 0 radical (unpaired) electrons. The van der Waals surface area contributed by atoms with Gasteiger partial charge < -0.3 is 9.84 Å². The summed E-state index contributed by atoms with van der Waals surface area (Å²) in [5, 5.41) is 21.0. The molecular weight excluding hydrogens is 420 g/mol. The van der Waals surface area contributed by atoms with Gasteiger partial charge in [0.1, 0.15) is 13.2 Å². The molecule has 1 heterocycles. The van der Waals surface area contributed by atoms with Crippen LogP contribution in [0.1, 0.15) is 61.4 Å². The normalized spacial score (nSPS) is 16.7. The Hall–Kier alpha value is -3.55. The van der Waals surface area contributed by atoms with Crippen molar-refractivity contribution < 1.29 is 19.4 Å². The van der Waals surface area contributed by atoms with E-state index < -0.39 is 11.4 Å². The molecule has 0 aliphatic heterocycles. The van der Waals surface area contributed by atoms with Crippen LogP contribution in [0.3, 0.4) is 0 Å². The van der Waals surface area contributed by atoms with Crippen molar-refractivity contribution in [1.82, 2.24) is 20.2 Å². The van der Waals surface area contributed by atoms with E-state index in [1.165, 1.54) is 26.9 Å². The first-order chi connectivity index (χ1) is 16.1. The number of carboxylic acids is 1. The Morgan fingerprint density at radius 3 is 2.27 bits per heavy atom. The topological polar surface area (TPSA) is 107 Å². The molecule has 0 atom stereocenters. The van der Waals surface area contributed by atoms with Crippen LogP contribution in [-0.4, -0.2) is 43.9 Å². The highest BCUT2D eigenvalue weighted by atomic mass is 16.5. The van der Waals surface area contributed by atoms with Gasteiger partial charge in [-0.2, -0.15) is 0 Å². The number of aliphatic carboxylic acids is 1. The summed E-state index contributed by atoms with van der Waals surface area (Å²) in [5.41, 5.74) is 4.12. The van der Waals surface area contributed by atoms with Crippen LogP contribution < -0.4 is 0 Å². The Balaban J connectivity index is 1.35. The molecule has 1 saturated carbocycles. The number of carbonyl (C=O) groups is 2. The fourth-order valence-corrected chi connectivity index (χ4v) is 5.47. The number of carbonyl (C=O) groups excluding carboxylic acids is 1. The van der Waals surface area contributed by atoms with Gasteiger partial charge >= 0.3 is 11.9 Å². The molecule has 0 bridgehead atoms. The van der Waals surface area contributed by atoms with Gasteiger partial charge in [-0.1, -0.05) is 67.8 Å². The number of hydrogen-bond acceptors (Lipinski definition) is 6. The van der Waals surface area contributed by atoms with Crippen molar-refractivity contribution in [2.45, 2.75) is 56.4 Å². The molecule has 2 aromatic carbocycles. The summed E-state index contributed by atoms with van der Waals surface area (Å²) in [6.45, 7) is -0.0578. The summed E-state index contributed by atoms with van der Waals surface area (Å²) in [7, 11) is 0. The fourth-order valence-electron chi connectivity index (χ4n) is 5.47. The second-order valence-electron chi connectivity index (χ2n) is 8.98. The molecule has 0 spiro atoms. The minimum atomic E-state index is -1.02. The van der Waals surface area contributed by atoms with E-state index in [1.54, 1.807) is 0 Å². The Bertz CT molecular complexity index is 1140. The summed E-state index contributed by atoms with van der Waals surface area (Å²) >= 11 is 0. The zero-order valence-electron chi connectivity index (χ0n) is 18.3. The summed E-state index contributed by atoms with van der Waals surface area (Å²) < 4.78 is 7.16. The van der Waals surface area contributed by atoms with Gasteiger partial charge in [0.05, 0.1) is 6.42 Å². The van der Waals surface area contributed by atoms with Gasteiger partial charge in [-0.25, -0.2) is 4.68 Å². The molecule has 5 rings (SSSR count). The number of benzene rings is 2. The molecule has 3 aromatic rings. The fraction of sp³-hybridized carbons (Fsp3) is 0.400. The monoisotopic (exact) mass is 446 g/mol. The van der Waals surface area contributed by atoms with Gasteiger partial charge in [-0.15, -0.1) is 5.10 Å². The van der Waals surface area contributed by atoms with Crippen molar-refractivity contribution in [3.8, 4) is 11.1 Å². The van der Waals surface area contributed by atoms with Crippen molar-refractivity contribution in [1.29, 1.82) is 0 Å². The van der Waals surface area contributed by atoms with Crippen LogP contribution in [0.15, 0.2) is 48.5 Å². The molecule has 0 amide bonds. The lowest BCUT2D eigenvalue weighted by Crippen LogP contribution is -2.36. The molecular formula is C25H26N4O4. The zero-order chi connectivity index (χ0) is 22.8. The number of aromatic nitrogens is 4. The average Bonchev–Trinajstić information content (AvgIpc) is 3.41. The van der Waals surface area contributed by atoms with Gasteiger partial charge in [0, 0.05) is 11.3 Å². The SMILES string of the molecule is O=C(O)Cn1nnnc1C1(CC(=O)OCC2c3ccccc3-c3ccccc32)CCCCC1. The lowest BCUT2D eigenvalue weighted by Gasteiger charge is -2.35. The van der Waals surface area contributed by atoms with E-state index in [9.17, 15) is 14.7 Å². The van der Waals surface area contributed by atoms with Crippen LogP contribution in [0.2, 0.25) is 0 Å². The number of esters is 1. The Labute approximate surface area is 191 Å². The lowest BCUT2D eigenvalue weighted by atomic mass is 9.71. The number of ether oxygens (including phenoxy) is 1. The minimum Gasteiger partial charge on any atom is -0.480 e. The van der Waals surface area contributed by atoms with Gasteiger partial charge in [0.15, 0.2) is 5.82 Å². The number of carboxylic acid groups (broad SMARTS) is 1. The molecule has 0 unspecified atom stereocenters. The van der Waals surface area contributed by atoms with Crippen LogP contribution >= 0.6 is 0 Å². The number of nitrogens with zero attached hydrogens (tertiary/aromatic N) is 4. The highest BCUT2D eigenvalue weighted by molar-refractivity contribution is 5.79. The van der Waals surface area contributed by atoms with Gasteiger partial charge in [-0.05, 0) is 45.5 Å². The largest absolute Gasteiger partial charge is 0.480 e. The van der Waals surface area contributed by atoms with Crippen molar-refractivity contribution in [2.75, 3.05) is 6.61 Å². The average molecular weight is 447 g/mol. The molecule has 1 aromatic heterocycles. The second-order valence-corrected chi connectivity index (χ2v) is 8.98. The molecule has 170 valence electrons. The standard InChI is InChI=1S/C25H26N4O4/c30-22(31)15-29-24(26-27-28-29)25(12-6-1-7-13-25)14-23(32)33-16-21-19-10-4-2-8-17(19)18-9-3-5-11-20(18)21/h2-5,8-11,21H,1,6-7,12-16H2,(H,30,31). The lowest BCUT2D eigenvalue weighted by molar-refractivity contribution is -0.146. The predicted octanol–water partition coefficient (Wildman–Crippen LogP) is 3.71. The Morgan fingerprint density at radius 2 is 1.64 bits per heavy atom. The van der Waals surface area contributed by atoms with Crippen LogP contribution in [0.4, 0.5) is 0 Å². The van der Waals surface area contributed by atoms with E-state index >= 15 is 0 Å². The first-order valence-electron chi connectivity index (χ1n) is 11.4.